The molecule has 2 aromatic rings. The summed E-state index contributed by atoms with van der Waals surface area (Å²) in [4.78, 5) is 0.338. The minimum absolute atomic E-state index is 0.338. The molecule has 0 aliphatic carbocycles. The lowest BCUT2D eigenvalue weighted by Crippen LogP contribution is -2.09. The smallest absolute Gasteiger partial charge is 0.104 e. The SMILES string of the molecule is Cc1cccc(Nc2ccc(C(N)=S)cc2Cl)c1Br. The van der Waals surface area contributed by atoms with E-state index in [1.165, 1.54) is 0 Å². The molecule has 0 amide bonds. The Labute approximate surface area is 131 Å². The standard InChI is InChI=1S/C14H12BrClN2S/c1-8-3-2-4-12(13(8)15)18-11-6-5-9(14(17)19)7-10(11)16/h2-7,18H,1H3,(H2,17,19). The van der Waals surface area contributed by atoms with Crippen LogP contribution in [0.4, 0.5) is 11.4 Å². The van der Waals surface area contributed by atoms with Gasteiger partial charge in [0.25, 0.3) is 0 Å². The topological polar surface area (TPSA) is 38.0 Å². The van der Waals surface area contributed by atoms with Gasteiger partial charge in [0, 0.05) is 10.0 Å². The van der Waals surface area contributed by atoms with E-state index in [9.17, 15) is 0 Å². The highest BCUT2D eigenvalue weighted by atomic mass is 79.9. The maximum atomic E-state index is 6.22. The summed E-state index contributed by atoms with van der Waals surface area (Å²) < 4.78 is 1.02. The second kappa shape index (κ2) is 5.90. The first kappa shape index (κ1) is 14.3. The van der Waals surface area contributed by atoms with E-state index in [1.54, 1.807) is 6.07 Å². The van der Waals surface area contributed by atoms with E-state index in [1.807, 2.05) is 37.3 Å². The number of rotatable bonds is 3. The zero-order chi connectivity index (χ0) is 14.0. The highest BCUT2D eigenvalue weighted by Crippen LogP contribution is 2.32. The van der Waals surface area contributed by atoms with Gasteiger partial charge in [-0.25, -0.2) is 0 Å². The lowest BCUT2D eigenvalue weighted by molar-refractivity contribution is 1.41. The number of hydrogen-bond donors (Lipinski definition) is 2. The quantitative estimate of drug-likeness (QED) is 0.778. The number of nitrogens with two attached hydrogens (primary N) is 1. The van der Waals surface area contributed by atoms with Crippen LogP contribution >= 0.6 is 39.7 Å². The zero-order valence-corrected chi connectivity index (χ0v) is 13.4. The molecule has 0 aromatic heterocycles. The molecule has 2 rings (SSSR count). The zero-order valence-electron chi connectivity index (χ0n) is 10.2. The van der Waals surface area contributed by atoms with Crippen LogP contribution in [0, 0.1) is 6.92 Å². The number of thiocarbonyl (C=S) groups is 1. The van der Waals surface area contributed by atoms with Crippen LogP contribution in [0.5, 0.6) is 0 Å². The molecule has 0 atom stereocenters. The van der Waals surface area contributed by atoms with Crippen LogP contribution in [0.1, 0.15) is 11.1 Å². The molecule has 0 bridgehead atoms. The Balaban J connectivity index is 2.34. The third kappa shape index (κ3) is 3.26. The van der Waals surface area contributed by atoms with E-state index in [4.69, 9.17) is 29.6 Å². The summed E-state index contributed by atoms with van der Waals surface area (Å²) >= 11 is 14.7. The van der Waals surface area contributed by atoms with Gasteiger partial charge >= 0.3 is 0 Å². The normalized spacial score (nSPS) is 10.3. The van der Waals surface area contributed by atoms with Crippen LogP contribution in [0.3, 0.4) is 0 Å². The van der Waals surface area contributed by atoms with Crippen molar-refractivity contribution in [1.29, 1.82) is 0 Å². The molecule has 2 nitrogen and oxygen atoms in total. The summed E-state index contributed by atoms with van der Waals surface area (Å²) in [6, 6.07) is 11.5. The van der Waals surface area contributed by atoms with Gasteiger partial charge in [-0.15, -0.1) is 0 Å². The van der Waals surface area contributed by atoms with Crippen LogP contribution < -0.4 is 11.1 Å². The number of nitrogens with one attached hydrogen (secondary N) is 1. The minimum atomic E-state index is 0.338. The van der Waals surface area contributed by atoms with E-state index >= 15 is 0 Å². The second-order valence-electron chi connectivity index (χ2n) is 4.12. The first-order valence-electron chi connectivity index (χ1n) is 5.60. The van der Waals surface area contributed by atoms with E-state index < -0.39 is 0 Å². The largest absolute Gasteiger partial charge is 0.389 e. The van der Waals surface area contributed by atoms with Crippen molar-refractivity contribution >= 4 is 56.1 Å². The van der Waals surface area contributed by atoms with E-state index in [-0.39, 0.29) is 0 Å². The van der Waals surface area contributed by atoms with Gasteiger partial charge in [0.2, 0.25) is 0 Å². The van der Waals surface area contributed by atoms with Crippen LogP contribution in [-0.2, 0) is 0 Å². The van der Waals surface area contributed by atoms with Crippen molar-refractivity contribution in [2.45, 2.75) is 6.92 Å². The molecule has 19 heavy (non-hydrogen) atoms. The highest BCUT2D eigenvalue weighted by molar-refractivity contribution is 9.10. The number of hydrogen-bond acceptors (Lipinski definition) is 2. The summed E-state index contributed by atoms with van der Waals surface area (Å²) in [6.07, 6.45) is 0. The van der Waals surface area contributed by atoms with Crippen molar-refractivity contribution in [2.24, 2.45) is 5.73 Å². The first-order valence-corrected chi connectivity index (χ1v) is 7.18. The van der Waals surface area contributed by atoms with Gasteiger partial charge in [-0.3, -0.25) is 0 Å². The van der Waals surface area contributed by atoms with Crippen molar-refractivity contribution in [1.82, 2.24) is 0 Å². The Bertz CT molecular complexity index is 643. The van der Waals surface area contributed by atoms with Crippen molar-refractivity contribution < 1.29 is 0 Å². The Morgan fingerprint density at radius 2 is 2.00 bits per heavy atom. The average Bonchev–Trinajstić information content (AvgIpc) is 2.37. The fraction of sp³-hybridized carbons (Fsp3) is 0.0714. The minimum Gasteiger partial charge on any atom is -0.389 e. The van der Waals surface area contributed by atoms with Crippen LogP contribution in [0.2, 0.25) is 5.02 Å². The predicted molar refractivity (Wildman–Crippen MR) is 89.5 cm³/mol. The van der Waals surface area contributed by atoms with Crippen LogP contribution in [0.25, 0.3) is 0 Å². The number of halogens is 2. The molecular formula is C14H12BrClN2S. The molecule has 0 aliphatic rings. The number of aryl methyl sites for hydroxylation is 1. The molecule has 0 unspecified atom stereocenters. The first-order chi connectivity index (χ1) is 8.99. The Kier molecular flexibility index (Phi) is 4.45. The van der Waals surface area contributed by atoms with Crippen molar-refractivity contribution in [2.75, 3.05) is 5.32 Å². The maximum Gasteiger partial charge on any atom is 0.104 e. The van der Waals surface area contributed by atoms with Gasteiger partial charge < -0.3 is 11.1 Å². The van der Waals surface area contributed by atoms with Gasteiger partial charge in [-0.05, 0) is 52.7 Å². The summed E-state index contributed by atoms with van der Waals surface area (Å²) in [6.45, 7) is 2.03. The maximum absolute atomic E-state index is 6.22. The van der Waals surface area contributed by atoms with Gasteiger partial charge in [0.05, 0.1) is 16.4 Å². The van der Waals surface area contributed by atoms with Crippen molar-refractivity contribution in [3.8, 4) is 0 Å². The molecule has 0 radical (unpaired) electrons. The monoisotopic (exact) mass is 354 g/mol. The number of benzene rings is 2. The number of anilines is 2. The van der Waals surface area contributed by atoms with Gasteiger partial charge in [0.1, 0.15) is 4.99 Å². The van der Waals surface area contributed by atoms with Crippen molar-refractivity contribution in [3.05, 3.63) is 57.0 Å². The summed E-state index contributed by atoms with van der Waals surface area (Å²) in [5.74, 6) is 0. The van der Waals surface area contributed by atoms with E-state index in [0.717, 1.165) is 27.0 Å². The molecule has 5 heteroatoms. The third-order valence-electron chi connectivity index (χ3n) is 2.71. The fourth-order valence-corrected chi connectivity index (χ4v) is 2.38. The molecule has 0 heterocycles. The lowest BCUT2D eigenvalue weighted by Gasteiger charge is -2.12. The third-order valence-corrected chi connectivity index (χ3v) is 4.32. The predicted octanol–water partition coefficient (Wildman–Crippen LogP) is 4.79. The molecule has 0 saturated carbocycles. The highest BCUT2D eigenvalue weighted by Gasteiger charge is 2.07. The van der Waals surface area contributed by atoms with Crippen LogP contribution in [-0.4, -0.2) is 4.99 Å². The molecule has 3 N–H and O–H groups in total. The van der Waals surface area contributed by atoms with Gasteiger partial charge in [-0.2, -0.15) is 0 Å². The Morgan fingerprint density at radius 1 is 1.26 bits per heavy atom. The molecule has 0 spiro atoms. The molecule has 0 saturated heterocycles. The Hall–Kier alpha value is -1.10. The van der Waals surface area contributed by atoms with E-state index in [2.05, 4.69) is 21.2 Å². The summed E-state index contributed by atoms with van der Waals surface area (Å²) in [5, 5.41) is 3.87. The second-order valence-corrected chi connectivity index (χ2v) is 5.76. The van der Waals surface area contributed by atoms with Gasteiger partial charge in [0.15, 0.2) is 0 Å². The van der Waals surface area contributed by atoms with Crippen LogP contribution in [0.15, 0.2) is 40.9 Å². The average molecular weight is 356 g/mol. The Morgan fingerprint density at radius 3 is 2.63 bits per heavy atom. The van der Waals surface area contributed by atoms with E-state index in [0.29, 0.717) is 10.0 Å². The molecule has 98 valence electrons. The molecule has 2 aromatic carbocycles. The van der Waals surface area contributed by atoms with Gasteiger partial charge in [-0.1, -0.05) is 36.0 Å². The molecular weight excluding hydrogens is 344 g/mol. The lowest BCUT2D eigenvalue weighted by atomic mass is 10.2. The van der Waals surface area contributed by atoms with Crippen molar-refractivity contribution in [3.63, 3.8) is 0 Å². The fourth-order valence-electron chi connectivity index (χ4n) is 1.66. The summed E-state index contributed by atoms with van der Waals surface area (Å²) in [5.41, 5.74) is 9.26. The molecule has 0 aliphatic heterocycles. The molecule has 0 fully saturated rings. The summed E-state index contributed by atoms with van der Waals surface area (Å²) in [7, 11) is 0.